The molecule has 0 saturated carbocycles. The van der Waals surface area contributed by atoms with Gasteiger partial charge in [-0.1, -0.05) is 42.5 Å². The van der Waals surface area contributed by atoms with Crippen LogP contribution in [0.2, 0.25) is 0 Å². The number of para-hydroxylation sites is 1. The first kappa shape index (κ1) is 22.0. The zero-order valence-corrected chi connectivity index (χ0v) is 17.4. The Hall–Kier alpha value is -3.68. The molecule has 3 rings (SSSR count). The topological polar surface area (TPSA) is 120 Å². The highest BCUT2D eigenvalue weighted by atomic mass is 16.4. The van der Waals surface area contributed by atoms with Gasteiger partial charge in [-0.25, -0.2) is 0 Å². The van der Waals surface area contributed by atoms with E-state index in [1.807, 2.05) is 24.3 Å². The Kier molecular flexibility index (Phi) is 7.37. The summed E-state index contributed by atoms with van der Waals surface area (Å²) in [7, 11) is 0. The summed E-state index contributed by atoms with van der Waals surface area (Å²) in [6, 6.07) is 15.5. The van der Waals surface area contributed by atoms with Crippen molar-refractivity contribution in [1.29, 1.82) is 0 Å². The number of aliphatic carboxylic acids is 1. The number of carboxylic acid groups (broad SMARTS) is 1. The molecular weight excluding hydrogens is 396 g/mol. The number of aromatic hydroxyl groups is 1. The van der Waals surface area contributed by atoms with E-state index in [-0.39, 0.29) is 30.0 Å². The van der Waals surface area contributed by atoms with Crippen LogP contribution in [0.25, 0.3) is 0 Å². The van der Waals surface area contributed by atoms with E-state index in [0.717, 1.165) is 18.4 Å². The molecule has 0 saturated heterocycles. The number of carbonyl (C=O) groups is 1. The minimum absolute atomic E-state index is 0.0215. The van der Waals surface area contributed by atoms with Gasteiger partial charge in [0.15, 0.2) is 5.69 Å². The van der Waals surface area contributed by atoms with E-state index in [4.69, 9.17) is 5.11 Å². The van der Waals surface area contributed by atoms with Crippen molar-refractivity contribution in [2.75, 3.05) is 0 Å². The second-order valence-corrected chi connectivity index (χ2v) is 7.36. The summed E-state index contributed by atoms with van der Waals surface area (Å²) in [5, 5.41) is 30.3. The molecule has 8 nitrogen and oxygen atoms in total. The number of H-pyrrole nitrogens is 1. The van der Waals surface area contributed by atoms with Gasteiger partial charge in [-0.3, -0.25) is 19.4 Å². The number of hydrogen-bond donors (Lipinski definition) is 3. The molecule has 0 unspecified atom stereocenters. The molecule has 0 aliphatic heterocycles. The Labute approximate surface area is 179 Å². The molecule has 8 heteroatoms. The normalized spacial score (nSPS) is 11.3. The van der Waals surface area contributed by atoms with E-state index >= 15 is 0 Å². The summed E-state index contributed by atoms with van der Waals surface area (Å²) < 4.78 is 1.33. The van der Waals surface area contributed by atoms with Gasteiger partial charge in [-0.05, 0) is 49.8 Å². The van der Waals surface area contributed by atoms with Crippen LogP contribution < -0.4 is 5.56 Å². The molecule has 0 aliphatic carbocycles. The highest BCUT2D eigenvalue weighted by molar-refractivity contribution is 5.66. The molecule has 1 heterocycles. The number of aromatic amines is 1. The van der Waals surface area contributed by atoms with Crippen molar-refractivity contribution in [3.05, 3.63) is 75.7 Å². The number of azo groups is 1. The molecule has 0 spiro atoms. The van der Waals surface area contributed by atoms with Crippen LogP contribution in [0.4, 0.5) is 11.4 Å². The number of nitrogens with one attached hydrogen (secondary N) is 1. The number of aryl methyl sites for hydroxylation is 4. The third-order valence-corrected chi connectivity index (χ3v) is 4.99. The van der Waals surface area contributed by atoms with Gasteiger partial charge in [-0.2, -0.15) is 0 Å². The Morgan fingerprint density at radius 3 is 2.55 bits per heavy atom. The standard InChI is InChI=1S/C23H26N4O4/c1-16-21(23(31)27(26-16)15-7-14-20(28)29)25-24-19-13-6-12-18(22(19)30)11-5-10-17-8-3-2-4-9-17/h2-4,6,8-9,12-13,26,30H,5,7,10-11,14-15H2,1H3,(H,28,29). The van der Waals surface area contributed by atoms with Gasteiger partial charge in [0, 0.05) is 13.0 Å². The van der Waals surface area contributed by atoms with Crippen LogP contribution in [0.5, 0.6) is 5.75 Å². The number of nitrogens with zero attached hydrogens (tertiary/aromatic N) is 3. The molecule has 0 fully saturated rings. The Balaban J connectivity index is 1.68. The quantitative estimate of drug-likeness (QED) is 0.412. The van der Waals surface area contributed by atoms with E-state index < -0.39 is 5.97 Å². The second-order valence-electron chi connectivity index (χ2n) is 7.36. The molecule has 31 heavy (non-hydrogen) atoms. The molecular formula is C23H26N4O4. The molecule has 0 aliphatic rings. The minimum atomic E-state index is -0.907. The predicted octanol–water partition coefficient (Wildman–Crippen LogP) is 4.65. The van der Waals surface area contributed by atoms with E-state index in [9.17, 15) is 14.7 Å². The molecule has 3 aromatic rings. The summed E-state index contributed by atoms with van der Waals surface area (Å²) in [4.78, 5) is 23.1. The SMILES string of the molecule is Cc1[nH]n(CCCC(=O)O)c(=O)c1N=Nc1cccc(CCCc2ccccc2)c1O. The van der Waals surface area contributed by atoms with Crippen LogP contribution in [-0.4, -0.2) is 26.0 Å². The van der Waals surface area contributed by atoms with Crippen molar-refractivity contribution in [2.45, 2.75) is 45.6 Å². The maximum absolute atomic E-state index is 12.5. The van der Waals surface area contributed by atoms with E-state index in [1.165, 1.54) is 10.2 Å². The fraction of sp³-hybridized carbons (Fsp3) is 0.304. The summed E-state index contributed by atoms with van der Waals surface area (Å²) >= 11 is 0. The Morgan fingerprint density at radius 1 is 1.03 bits per heavy atom. The average molecular weight is 422 g/mol. The van der Waals surface area contributed by atoms with Crippen LogP contribution in [-0.2, 0) is 24.2 Å². The minimum Gasteiger partial charge on any atom is -0.505 e. The van der Waals surface area contributed by atoms with Crippen molar-refractivity contribution in [3.8, 4) is 5.75 Å². The predicted molar refractivity (Wildman–Crippen MR) is 117 cm³/mol. The number of benzene rings is 2. The molecule has 0 amide bonds. The third kappa shape index (κ3) is 5.91. The lowest BCUT2D eigenvalue weighted by molar-refractivity contribution is -0.137. The zero-order valence-electron chi connectivity index (χ0n) is 17.4. The summed E-state index contributed by atoms with van der Waals surface area (Å²) in [6.07, 6.45) is 2.81. The van der Waals surface area contributed by atoms with Crippen LogP contribution in [0.3, 0.4) is 0 Å². The number of rotatable bonds is 10. The summed E-state index contributed by atoms with van der Waals surface area (Å²) in [5.74, 6) is -0.843. The highest BCUT2D eigenvalue weighted by Crippen LogP contribution is 2.32. The van der Waals surface area contributed by atoms with Crippen LogP contribution in [0, 0.1) is 6.92 Å². The van der Waals surface area contributed by atoms with Gasteiger partial charge in [0.05, 0.1) is 5.69 Å². The lowest BCUT2D eigenvalue weighted by Crippen LogP contribution is -2.17. The van der Waals surface area contributed by atoms with E-state index in [0.29, 0.717) is 24.2 Å². The van der Waals surface area contributed by atoms with Gasteiger partial charge in [-0.15, -0.1) is 10.2 Å². The Bertz CT molecular complexity index is 1120. The summed E-state index contributed by atoms with van der Waals surface area (Å²) in [5.41, 5.74) is 2.64. The van der Waals surface area contributed by atoms with Crippen molar-refractivity contribution in [3.63, 3.8) is 0 Å². The Morgan fingerprint density at radius 2 is 1.81 bits per heavy atom. The van der Waals surface area contributed by atoms with Gasteiger partial charge in [0.1, 0.15) is 11.4 Å². The number of carboxylic acids is 1. The number of phenolic OH excluding ortho intramolecular Hbond substituents is 1. The van der Waals surface area contributed by atoms with E-state index in [1.54, 1.807) is 19.1 Å². The first-order chi connectivity index (χ1) is 15.0. The van der Waals surface area contributed by atoms with Gasteiger partial charge in [0.25, 0.3) is 5.56 Å². The first-order valence-corrected chi connectivity index (χ1v) is 10.2. The molecule has 1 aromatic heterocycles. The largest absolute Gasteiger partial charge is 0.505 e. The molecule has 162 valence electrons. The van der Waals surface area contributed by atoms with Crippen molar-refractivity contribution in [2.24, 2.45) is 10.2 Å². The summed E-state index contributed by atoms with van der Waals surface area (Å²) in [6.45, 7) is 1.95. The molecule has 2 aromatic carbocycles. The van der Waals surface area contributed by atoms with Gasteiger partial charge < -0.3 is 10.2 Å². The fourth-order valence-corrected chi connectivity index (χ4v) is 3.35. The second kappa shape index (κ2) is 10.4. The van der Waals surface area contributed by atoms with Gasteiger partial charge in [0.2, 0.25) is 0 Å². The van der Waals surface area contributed by atoms with Crippen molar-refractivity contribution >= 4 is 17.3 Å². The van der Waals surface area contributed by atoms with Crippen LogP contribution in [0.1, 0.15) is 36.1 Å². The monoisotopic (exact) mass is 422 g/mol. The molecule has 3 N–H and O–H groups in total. The lowest BCUT2D eigenvalue weighted by atomic mass is 10.0. The zero-order chi connectivity index (χ0) is 22.2. The van der Waals surface area contributed by atoms with Crippen molar-refractivity contribution in [1.82, 2.24) is 9.78 Å². The first-order valence-electron chi connectivity index (χ1n) is 10.2. The highest BCUT2D eigenvalue weighted by Gasteiger charge is 2.12. The van der Waals surface area contributed by atoms with Crippen LogP contribution in [0.15, 0.2) is 63.6 Å². The number of phenols is 1. The van der Waals surface area contributed by atoms with Crippen LogP contribution >= 0.6 is 0 Å². The molecule has 0 radical (unpaired) electrons. The molecule has 0 atom stereocenters. The van der Waals surface area contributed by atoms with Crippen molar-refractivity contribution < 1.29 is 15.0 Å². The average Bonchev–Trinajstić information content (AvgIpc) is 3.02. The van der Waals surface area contributed by atoms with E-state index in [2.05, 4.69) is 27.5 Å². The van der Waals surface area contributed by atoms with Gasteiger partial charge >= 0.3 is 5.97 Å². The lowest BCUT2D eigenvalue weighted by Gasteiger charge is -2.06. The smallest absolute Gasteiger partial charge is 0.303 e. The molecule has 0 bridgehead atoms. The maximum atomic E-state index is 12.5. The third-order valence-electron chi connectivity index (χ3n) is 4.99. The number of hydrogen-bond acceptors (Lipinski definition) is 5. The fourth-order valence-electron chi connectivity index (χ4n) is 3.35. The maximum Gasteiger partial charge on any atom is 0.303 e. The number of aromatic nitrogens is 2.